The van der Waals surface area contributed by atoms with Crippen LogP contribution in [0.25, 0.3) is 0 Å². The lowest BCUT2D eigenvalue weighted by atomic mass is 9.96. The monoisotopic (exact) mass is 207 g/mol. The van der Waals surface area contributed by atoms with E-state index in [4.69, 9.17) is 0 Å². The van der Waals surface area contributed by atoms with Crippen LogP contribution in [0, 0.1) is 5.92 Å². The number of hydrogen-bond acceptors (Lipinski definition) is 2. The van der Waals surface area contributed by atoms with Crippen LogP contribution >= 0.6 is 11.3 Å². The summed E-state index contributed by atoms with van der Waals surface area (Å²) in [7, 11) is 0. The highest BCUT2D eigenvalue weighted by Crippen LogP contribution is 2.31. The Hall–Kier alpha value is -0.340. The first-order valence-corrected chi connectivity index (χ1v) is 6.54. The lowest BCUT2D eigenvalue weighted by Crippen LogP contribution is -2.42. The van der Waals surface area contributed by atoms with Gasteiger partial charge < -0.3 is 5.32 Å². The van der Waals surface area contributed by atoms with Crippen LogP contribution in [0.1, 0.15) is 28.2 Å². The van der Waals surface area contributed by atoms with Gasteiger partial charge in [0.25, 0.3) is 0 Å². The Balaban J connectivity index is 1.74. The summed E-state index contributed by atoms with van der Waals surface area (Å²) >= 11 is 2.09. The van der Waals surface area contributed by atoms with Gasteiger partial charge in [0.2, 0.25) is 0 Å². The quantitative estimate of drug-likeness (QED) is 0.785. The Morgan fingerprint density at radius 3 is 2.86 bits per heavy atom. The summed E-state index contributed by atoms with van der Waals surface area (Å²) in [5.74, 6) is 0.926. The molecule has 1 aliphatic heterocycles. The summed E-state index contributed by atoms with van der Waals surface area (Å²) < 4.78 is 0. The van der Waals surface area contributed by atoms with Crippen molar-refractivity contribution in [1.82, 2.24) is 5.32 Å². The van der Waals surface area contributed by atoms with Crippen LogP contribution in [-0.4, -0.2) is 13.1 Å². The second-order valence-corrected chi connectivity index (χ2v) is 5.82. The second-order valence-electron chi connectivity index (χ2n) is 4.60. The maximum absolute atomic E-state index is 3.35. The molecular weight excluding hydrogens is 190 g/mol. The zero-order valence-electron chi connectivity index (χ0n) is 8.51. The lowest BCUT2D eigenvalue weighted by Gasteiger charge is -2.26. The molecular formula is C12H17NS. The van der Waals surface area contributed by atoms with Gasteiger partial charge in [0, 0.05) is 9.75 Å². The summed E-state index contributed by atoms with van der Waals surface area (Å²) in [4.78, 5) is 3.34. The number of fused-ring (bicyclic) bond motifs is 1. The molecule has 0 unspecified atom stereocenters. The largest absolute Gasteiger partial charge is 0.316 e. The minimum Gasteiger partial charge on any atom is -0.316 e. The molecule has 76 valence electrons. The molecule has 1 aromatic rings. The minimum atomic E-state index is 0.926. The van der Waals surface area contributed by atoms with E-state index < -0.39 is 0 Å². The Labute approximate surface area is 89.5 Å². The number of nitrogens with one attached hydrogen (secondary N) is 1. The van der Waals surface area contributed by atoms with Gasteiger partial charge in [-0.2, -0.15) is 0 Å². The van der Waals surface area contributed by atoms with E-state index in [0.29, 0.717) is 0 Å². The molecule has 1 aromatic heterocycles. The summed E-state index contributed by atoms with van der Waals surface area (Å²) in [5, 5.41) is 3.35. The Bertz CT molecular complexity index is 302. The first-order chi connectivity index (χ1) is 6.92. The summed E-state index contributed by atoms with van der Waals surface area (Å²) in [6, 6.07) is 2.48. The van der Waals surface area contributed by atoms with E-state index in [0.717, 1.165) is 5.92 Å². The highest BCUT2D eigenvalue weighted by Gasteiger charge is 2.20. The molecule has 0 saturated carbocycles. The molecule has 3 rings (SSSR count). The first-order valence-electron chi connectivity index (χ1n) is 5.73. The van der Waals surface area contributed by atoms with Crippen LogP contribution in [0.3, 0.4) is 0 Å². The summed E-state index contributed by atoms with van der Waals surface area (Å²) in [5.41, 5.74) is 1.67. The van der Waals surface area contributed by atoms with Gasteiger partial charge in [-0.15, -0.1) is 11.3 Å². The first kappa shape index (κ1) is 8.93. The molecule has 0 atom stereocenters. The van der Waals surface area contributed by atoms with E-state index in [2.05, 4.69) is 22.7 Å². The molecule has 0 amide bonds. The number of thiophene rings is 1. The van der Waals surface area contributed by atoms with E-state index in [1.165, 1.54) is 45.2 Å². The van der Waals surface area contributed by atoms with Crippen LogP contribution < -0.4 is 5.32 Å². The van der Waals surface area contributed by atoms with E-state index in [1.54, 1.807) is 15.3 Å². The third kappa shape index (κ3) is 1.61. The molecule has 1 aliphatic carbocycles. The topological polar surface area (TPSA) is 12.0 Å². The third-order valence-corrected chi connectivity index (χ3v) is 4.66. The molecule has 2 heteroatoms. The maximum atomic E-state index is 3.35. The lowest BCUT2D eigenvalue weighted by molar-refractivity contribution is 0.348. The van der Waals surface area contributed by atoms with E-state index in [1.807, 2.05) is 0 Å². The molecule has 0 spiro atoms. The van der Waals surface area contributed by atoms with Crippen molar-refractivity contribution in [2.75, 3.05) is 13.1 Å². The van der Waals surface area contributed by atoms with Gasteiger partial charge in [0.1, 0.15) is 0 Å². The molecule has 0 bridgehead atoms. The van der Waals surface area contributed by atoms with E-state index in [-0.39, 0.29) is 0 Å². The highest BCUT2D eigenvalue weighted by atomic mass is 32.1. The van der Waals surface area contributed by atoms with Crippen molar-refractivity contribution in [1.29, 1.82) is 0 Å². The SMILES string of the molecule is c1c(CC2CNC2)sc2c1CCCC2. The van der Waals surface area contributed by atoms with Crippen molar-refractivity contribution >= 4 is 11.3 Å². The molecule has 2 aliphatic rings. The minimum absolute atomic E-state index is 0.926. The molecule has 0 radical (unpaired) electrons. The van der Waals surface area contributed by atoms with Crippen molar-refractivity contribution < 1.29 is 0 Å². The average Bonchev–Trinajstić information content (AvgIpc) is 2.53. The van der Waals surface area contributed by atoms with Gasteiger partial charge in [-0.3, -0.25) is 0 Å². The molecule has 14 heavy (non-hydrogen) atoms. The Kier molecular flexibility index (Phi) is 2.34. The molecule has 1 saturated heterocycles. The molecule has 1 fully saturated rings. The predicted octanol–water partition coefficient (Wildman–Crippen LogP) is 2.39. The zero-order valence-corrected chi connectivity index (χ0v) is 9.33. The van der Waals surface area contributed by atoms with Crippen molar-refractivity contribution in [3.8, 4) is 0 Å². The fourth-order valence-corrected chi connectivity index (χ4v) is 3.81. The van der Waals surface area contributed by atoms with Crippen LogP contribution in [0.15, 0.2) is 6.07 Å². The Morgan fingerprint density at radius 2 is 2.14 bits per heavy atom. The maximum Gasteiger partial charge on any atom is 0.00801 e. The van der Waals surface area contributed by atoms with E-state index in [9.17, 15) is 0 Å². The van der Waals surface area contributed by atoms with Crippen LogP contribution in [0.2, 0.25) is 0 Å². The number of aryl methyl sites for hydroxylation is 2. The van der Waals surface area contributed by atoms with Crippen LogP contribution in [0.5, 0.6) is 0 Å². The van der Waals surface area contributed by atoms with Gasteiger partial charge in [-0.05, 0) is 62.7 Å². The molecule has 1 N–H and O–H groups in total. The van der Waals surface area contributed by atoms with Gasteiger partial charge in [0.15, 0.2) is 0 Å². The van der Waals surface area contributed by atoms with Crippen LogP contribution in [-0.2, 0) is 19.3 Å². The zero-order chi connectivity index (χ0) is 9.38. The molecule has 2 heterocycles. The van der Waals surface area contributed by atoms with Crippen molar-refractivity contribution in [2.24, 2.45) is 5.92 Å². The normalized spacial score (nSPS) is 21.7. The number of hydrogen-bond donors (Lipinski definition) is 1. The second kappa shape index (κ2) is 3.67. The third-order valence-electron chi connectivity index (χ3n) is 3.40. The fourth-order valence-electron chi connectivity index (χ4n) is 2.43. The standard InChI is InChI=1S/C12H17NS/c1-2-4-12-10(3-1)6-11(14-12)5-9-7-13-8-9/h6,9,13H,1-5,7-8H2. The molecule has 1 nitrogen and oxygen atoms in total. The smallest absolute Gasteiger partial charge is 0.00801 e. The predicted molar refractivity (Wildman–Crippen MR) is 61.0 cm³/mol. The van der Waals surface area contributed by atoms with Crippen molar-refractivity contribution in [2.45, 2.75) is 32.1 Å². The summed E-state index contributed by atoms with van der Waals surface area (Å²) in [6.07, 6.45) is 6.84. The van der Waals surface area contributed by atoms with Gasteiger partial charge in [-0.1, -0.05) is 0 Å². The van der Waals surface area contributed by atoms with Gasteiger partial charge in [-0.25, -0.2) is 0 Å². The van der Waals surface area contributed by atoms with Gasteiger partial charge in [0.05, 0.1) is 0 Å². The van der Waals surface area contributed by atoms with E-state index >= 15 is 0 Å². The fraction of sp³-hybridized carbons (Fsp3) is 0.667. The van der Waals surface area contributed by atoms with Crippen LogP contribution in [0.4, 0.5) is 0 Å². The number of rotatable bonds is 2. The van der Waals surface area contributed by atoms with Gasteiger partial charge >= 0.3 is 0 Å². The highest BCUT2D eigenvalue weighted by molar-refractivity contribution is 7.12. The summed E-state index contributed by atoms with van der Waals surface area (Å²) in [6.45, 7) is 2.48. The average molecular weight is 207 g/mol. The Morgan fingerprint density at radius 1 is 1.29 bits per heavy atom. The van der Waals surface area contributed by atoms with Crippen molar-refractivity contribution in [3.05, 3.63) is 21.4 Å². The molecule has 0 aromatic carbocycles. The van der Waals surface area contributed by atoms with Crippen molar-refractivity contribution in [3.63, 3.8) is 0 Å².